The van der Waals surface area contributed by atoms with Gasteiger partial charge in [-0.15, -0.1) is 0 Å². The molecule has 0 aromatic rings. The van der Waals surface area contributed by atoms with Gasteiger partial charge in [-0.2, -0.15) is 5.26 Å². The third-order valence-electron chi connectivity index (χ3n) is 3.67. The average Bonchev–Trinajstić information content (AvgIpc) is 3.06. The Kier molecular flexibility index (Phi) is 5.62. The molecule has 1 atom stereocenters. The zero-order valence-electron chi connectivity index (χ0n) is 12.7. The van der Waals surface area contributed by atoms with Crippen LogP contribution < -0.4 is 5.32 Å². The first kappa shape index (κ1) is 15.5. The number of nitrogens with one attached hydrogen (secondary N) is 1. The molecule has 1 fully saturated rings. The Morgan fingerprint density at radius 1 is 1.33 bits per heavy atom. The van der Waals surface area contributed by atoms with Crippen molar-refractivity contribution in [3.63, 3.8) is 0 Å². The van der Waals surface area contributed by atoms with Gasteiger partial charge in [0, 0.05) is 25.2 Å². The summed E-state index contributed by atoms with van der Waals surface area (Å²) in [5.41, 5.74) is -0.398. The number of nitrogens with zero attached hydrogens (tertiary/aromatic N) is 2. The number of rotatable bonds is 8. The average molecular weight is 251 g/mol. The summed E-state index contributed by atoms with van der Waals surface area (Å²) in [5, 5.41) is 12.7. The number of nitriles is 1. The van der Waals surface area contributed by atoms with Crippen molar-refractivity contribution in [2.75, 3.05) is 13.1 Å². The number of hydrogen-bond acceptors (Lipinski definition) is 3. The summed E-state index contributed by atoms with van der Waals surface area (Å²) in [4.78, 5) is 2.52. The van der Waals surface area contributed by atoms with Gasteiger partial charge in [0.25, 0.3) is 0 Å². The molecule has 104 valence electrons. The second-order valence-corrected chi connectivity index (χ2v) is 6.53. The number of hydrogen-bond donors (Lipinski definition) is 1. The van der Waals surface area contributed by atoms with Gasteiger partial charge in [-0.25, -0.2) is 0 Å². The Bertz CT molecular complexity index is 289. The second kappa shape index (κ2) is 6.54. The zero-order chi connectivity index (χ0) is 13.8. The van der Waals surface area contributed by atoms with E-state index in [0.717, 1.165) is 18.9 Å². The molecular formula is C15H29N3. The topological polar surface area (TPSA) is 39.1 Å². The molecule has 0 spiro atoms. The molecule has 0 radical (unpaired) electrons. The predicted molar refractivity (Wildman–Crippen MR) is 76.3 cm³/mol. The molecule has 1 saturated carbocycles. The largest absolute Gasteiger partial charge is 0.301 e. The van der Waals surface area contributed by atoms with Crippen LogP contribution in [-0.2, 0) is 0 Å². The second-order valence-electron chi connectivity index (χ2n) is 6.53. The summed E-state index contributed by atoms with van der Waals surface area (Å²) < 4.78 is 0. The predicted octanol–water partition coefficient (Wildman–Crippen LogP) is 2.78. The van der Waals surface area contributed by atoms with Crippen molar-refractivity contribution in [3.05, 3.63) is 0 Å². The van der Waals surface area contributed by atoms with E-state index in [0.29, 0.717) is 12.1 Å². The molecular weight excluding hydrogens is 222 g/mol. The fourth-order valence-corrected chi connectivity index (χ4v) is 2.36. The summed E-state index contributed by atoms with van der Waals surface area (Å²) in [7, 11) is 0. The van der Waals surface area contributed by atoms with Gasteiger partial charge in [-0.1, -0.05) is 0 Å². The third kappa shape index (κ3) is 5.37. The molecule has 1 aliphatic rings. The molecule has 0 heterocycles. The van der Waals surface area contributed by atoms with Crippen LogP contribution in [0.2, 0.25) is 0 Å². The van der Waals surface area contributed by atoms with Crippen LogP contribution in [0.5, 0.6) is 0 Å². The van der Waals surface area contributed by atoms with Crippen LogP contribution in [0.1, 0.15) is 53.9 Å². The van der Waals surface area contributed by atoms with Crippen LogP contribution >= 0.6 is 0 Å². The van der Waals surface area contributed by atoms with Crippen LogP contribution in [0.4, 0.5) is 0 Å². The molecule has 1 N–H and O–H groups in total. The van der Waals surface area contributed by atoms with Gasteiger partial charge in [0.15, 0.2) is 0 Å². The third-order valence-corrected chi connectivity index (χ3v) is 3.67. The summed E-state index contributed by atoms with van der Waals surface area (Å²) in [5.74, 6) is 0.916. The first-order chi connectivity index (χ1) is 8.36. The Morgan fingerprint density at radius 3 is 2.33 bits per heavy atom. The van der Waals surface area contributed by atoms with E-state index in [-0.39, 0.29) is 0 Å². The van der Waals surface area contributed by atoms with Gasteiger partial charge in [0.2, 0.25) is 0 Å². The van der Waals surface area contributed by atoms with E-state index in [1.54, 1.807) is 0 Å². The molecule has 0 amide bonds. The Balaban J connectivity index is 2.45. The normalized spacial score (nSPS) is 19.3. The fourth-order valence-electron chi connectivity index (χ4n) is 2.36. The maximum absolute atomic E-state index is 9.35. The molecule has 0 bridgehead atoms. The summed E-state index contributed by atoms with van der Waals surface area (Å²) in [6.07, 6.45) is 3.68. The van der Waals surface area contributed by atoms with E-state index in [4.69, 9.17) is 0 Å². The van der Waals surface area contributed by atoms with E-state index in [9.17, 15) is 5.26 Å². The molecule has 0 aromatic heterocycles. The molecule has 1 aliphatic carbocycles. The van der Waals surface area contributed by atoms with E-state index in [1.807, 2.05) is 6.92 Å². The van der Waals surface area contributed by atoms with Gasteiger partial charge < -0.3 is 4.90 Å². The van der Waals surface area contributed by atoms with E-state index < -0.39 is 5.54 Å². The Hall–Kier alpha value is -0.590. The van der Waals surface area contributed by atoms with Crippen molar-refractivity contribution in [2.24, 2.45) is 5.92 Å². The van der Waals surface area contributed by atoms with Crippen LogP contribution in [-0.4, -0.2) is 35.6 Å². The lowest BCUT2D eigenvalue weighted by molar-refractivity contribution is 0.191. The quantitative estimate of drug-likeness (QED) is 0.721. The van der Waals surface area contributed by atoms with Crippen LogP contribution in [0, 0.1) is 17.2 Å². The molecule has 3 nitrogen and oxygen atoms in total. The smallest absolute Gasteiger partial charge is 0.105 e. The first-order valence-electron chi connectivity index (χ1n) is 7.29. The Morgan fingerprint density at radius 2 is 1.94 bits per heavy atom. The minimum Gasteiger partial charge on any atom is -0.301 e. The van der Waals surface area contributed by atoms with Crippen LogP contribution in [0.25, 0.3) is 0 Å². The van der Waals surface area contributed by atoms with E-state index in [2.05, 4.69) is 44.0 Å². The molecule has 3 heteroatoms. The molecule has 0 aliphatic heterocycles. The summed E-state index contributed by atoms with van der Waals surface area (Å²) >= 11 is 0. The maximum atomic E-state index is 9.35. The standard InChI is InChI=1S/C15H29N3/c1-12(2)17-15(5,11-16)8-9-18(13(3)4)10-14-6-7-14/h12-14,17H,6-10H2,1-5H3. The summed E-state index contributed by atoms with van der Waals surface area (Å²) in [6, 6.07) is 3.36. The van der Waals surface area contributed by atoms with Crippen LogP contribution in [0.3, 0.4) is 0 Å². The maximum Gasteiger partial charge on any atom is 0.105 e. The molecule has 0 saturated heterocycles. The van der Waals surface area contributed by atoms with Gasteiger partial charge in [0.1, 0.15) is 5.54 Å². The lowest BCUT2D eigenvalue weighted by Gasteiger charge is -2.32. The fraction of sp³-hybridized carbons (Fsp3) is 0.933. The van der Waals surface area contributed by atoms with Gasteiger partial charge in [-0.3, -0.25) is 5.32 Å². The van der Waals surface area contributed by atoms with Crippen molar-refractivity contribution in [1.82, 2.24) is 10.2 Å². The van der Waals surface area contributed by atoms with Gasteiger partial charge >= 0.3 is 0 Å². The highest BCUT2D eigenvalue weighted by atomic mass is 15.2. The monoisotopic (exact) mass is 251 g/mol. The van der Waals surface area contributed by atoms with Gasteiger partial charge in [-0.05, 0) is 59.8 Å². The molecule has 1 unspecified atom stereocenters. The summed E-state index contributed by atoms with van der Waals surface area (Å²) in [6.45, 7) is 12.9. The highest BCUT2D eigenvalue weighted by Crippen LogP contribution is 2.30. The van der Waals surface area contributed by atoms with Crippen molar-refractivity contribution in [2.45, 2.75) is 71.5 Å². The van der Waals surface area contributed by atoms with Gasteiger partial charge in [0.05, 0.1) is 6.07 Å². The van der Waals surface area contributed by atoms with E-state index in [1.165, 1.54) is 19.4 Å². The van der Waals surface area contributed by atoms with E-state index >= 15 is 0 Å². The Labute approximate surface area is 113 Å². The van der Waals surface area contributed by atoms with Crippen LogP contribution in [0.15, 0.2) is 0 Å². The van der Waals surface area contributed by atoms with Crippen molar-refractivity contribution in [1.29, 1.82) is 5.26 Å². The first-order valence-corrected chi connectivity index (χ1v) is 7.29. The van der Waals surface area contributed by atoms with Crippen molar-refractivity contribution < 1.29 is 0 Å². The zero-order valence-corrected chi connectivity index (χ0v) is 12.7. The minimum atomic E-state index is -0.398. The highest BCUT2D eigenvalue weighted by Gasteiger charge is 2.29. The van der Waals surface area contributed by atoms with Crippen molar-refractivity contribution in [3.8, 4) is 6.07 Å². The SMILES string of the molecule is CC(C)NC(C)(C#N)CCN(CC1CC1)C(C)C. The lowest BCUT2D eigenvalue weighted by atomic mass is 9.98. The lowest BCUT2D eigenvalue weighted by Crippen LogP contribution is -2.48. The van der Waals surface area contributed by atoms with Crippen molar-refractivity contribution >= 4 is 0 Å². The molecule has 18 heavy (non-hydrogen) atoms. The highest BCUT2D eigenvalue weighted by molar-refractivity contribution is 5.04. The minimum absolute atomic E-state index is 0.352. The molecule has 0 aromatic carbocycles. The molecule has 1 rings (SSSR count).